The molecule has 0 bridgehead atoms. The van der Waals surface area contributed by atoms with Crippen LogP contribution < -0.4 is 21.3 Å². The van der Waals surface area contributed by atoms with Gasteiger partial charge in [-0.1, -0.05) is 30.3 Å². The number of ether oxygens (including phenoxy) is 1. The van der Waals surface area contributed by atoms with E-state index in [0.717, 1.165) is 0 Å². The second-order valence-electron chi connectivity index (χ2n) is 6.69. The van der Waals surface area contributed by atoms with Gasteiger partial charge in [0.1, 0.15) is 24.2 Å². The molecule has 0 radical (unpaired) electrons. The molecule has 9 nitrogen and oxygen atoms in total. The molecule has 0 spiro atoms. The van der Waals surface area contributed by atoms with E-state index in [4.69, 9.17) is 13.6 Å². The van der Waals surface area contributed by atoms with Crippen molar-refractivity contribution in [1.82, 2.24) is 15.4 Å². The second kappa shape index (κ2) is 8.62. The number of carbonyl (C=O) groups excluding carboxylic acids is 2. The minimum absolute atomic E-state index is 0.00513. The summed E-state index contributed by atoms with van der Waals surface area (Å²) in [6.45, 7) is 1.67. The van der Waals surface area contributed by atoms with Gasteiger partial charge in [-0.3, -0.25) is 25.0 Å². The van der Waals surface area contributed by atoms with Gasteiger partial charge in [0.05, 0.1) is 5.52 Å². The van der Waals surface area contributed by atoms with Gasteiger partial charge in [0.25, 0.3) is 5.91 Å². The molecule has 2 aromatic heterocycles. The minimum atomic E-state index is -0.914. The Morgan fingerprint density at radius 2 is 1.71 bits per heavy atom. The van der Waals surface area contributed by atoms with Crippen molar-refractivity contribution < 1.29 is 23.2 Å². The van der Waals surface area contributed by atoms with E-state index in [2.05, 4.69) is 10.9 Å². The molecule has 0 aliphatic carbocycles. The molecule has 0 saturated heterocycles. The molecule has 158 valence electrons. The average molecular weight is 421 g/mol. The summed E-state index contributed by atoms with van der Waals surface area (Å²) in [4.78, 5) is 36.9. The van der Waals surface area contributed by atoms with Crippen molar-refractivity contribution >= 4 is 22.9 Å². The van der Waals surface area contributed by atoms with E-state index in [1.807, 2.05) is 30.3 Å². The first-order valence-corrected chi connectivity index (χ1v) is 9.50. The third-order valence-corrected chi connectivity index (χ3v) is 4.59. The van der Waals surface area contributed by atoms with Gasteiger partial charge in [-0.15, -0.1) is 0 Å². The van der Waals surface area contributed by atoms with Crippen molar-refractivity contribution in [2.75, 3.05) is 0 Å². The zero-order valence-electron chi connectivity index (χ0n) is 16.5. The maximum absolute atomic E-state index is 12.5. The van der Waals surface area contributed by atoms with Crippen LogP contribution in [0.2, 0.25) is 0 Å². The van der Waals surface area contributed by atoms with Gasteiger partial charge < -0.3 is 13.6 Å². The fourth-order valence-electron chi connectivity index (χ4n) is 3.00. The first-order chi connectivity index (χ1) is 15.0. The fraction of sp³-hybridized carbons (Fsp3) is 0.136. The number of hydrogen-bond acceptors (Lipinski definition) is 6. The Balaban J connectivity index is 1.35. The van der Waals surface area contributed by atoms with E-state index in [1.54, 1.807) is 30.3 Å². The molecule has 2 heterocycles. The van der Waals surface area contributed by atoms with Gasteiger partial charge in [0.15, 0.2) is 11.3 Å². The van der Waals surface area contributed by atoms with Gasteiger partial charge in [0.2, 0.25) is 0 Å². The lowest BCUT2D eigenvalue weighted by atomic mass is 10.2. The van der Waals surface area contributed by atoms with E-state index < -0.39 is 23.6 Å². The van der Waals surface area contributed by atoms with E-state index in [1.165, 1.54) is 17.6 Å². The van der Waals surface area contributed by atoms with Crippen LogP contribution in [0.4, 0.5) is 0 Å². The van der Waals surface area contributed by atoms with E-state index in [-0.39, 0.29) is 12.4 Å². The lowest BCUT2D eigenvalue weighted by Crippen LogP contribution is -2.45. The molecule has 0 fully saturated rings. The van der Waals surface area contributed by atoms with Crippen molar-refractivity contribution in [2.45, 2.75) is 19.6 Å². The number of oxazole rings is 1. The highest BCUT2D eigenvalue weighted by atomic mass is 16.5. The SMILES string of the molecule is CC(C(=O)NNC(=O)c1ccc(COc2ccccc2)o1)n1c(=O)oc2ccccc21. The summed E-state index contributed by atoms with van der Waals surface area (Å²) in [5.41, 5.74) is 5.43. The highest BCUT2D eigenvalue weighted by Gasteiger charge is 2.22. The van der Waals surface area contributed by atoms with Gasteiger partial charge in [-0.25, -0.2) is 4.79 Å². The first-order valence-electron chi connectivity index (χ1n) is 9.50. The van der Waals surface area contributed by atoms with Crippen LogP contribution in [0, 0.1) is 0 Å². The fourth-order valence-corrected chi connectivity index (χ4v) is 3.00. The third kappa shape index (κ3) is 4.35. The maximum Gasteiger partial charge on any atom is 0.420 e. The lowest BCUT2D eigenvalue weighted by molar-refractivity contribution is -0.124. The Labute approximate surface area is 176 Å². The number of hydrazine groups is 1. The van der Waals surface area contributed by atoms with Crippen molar-refractivity contribution in [3.05, 3.63) is 88.8 Å². The van der Waals surface area contributed by atoms with Crippen LogP contribution in [0.3, 0.4) is 0 Å². The number of fused-ring (bicyclic) bond motifs is 1. The van der Waals surface area contributed by atoms with Crippen LogP contribution in [0.5, 0.6) is 5.75 Å². The summed E-state index contributed by atoms with van der Waals surface area (Å²) >= 11 is 0. The molecule has 1 atom stereocenters. The van der Waals surface area contributed by atoms with Crippen molar-refractivity contribution in [1.29, 1.82) is 0 Å². The molecule has 2 aromatic carbocycles. The predicted octanol–water partition coefficient (Wildman–Crippen LogP) is 2.79. The van der Waals surface area contributed by atoms with Crippen LogP contribution in [0.1, 0.15) is 29.3 Å². The number of aromatic nitrogens is 1. The summed E-state index contributed by atoms with van der Waals surface area (Å²) in [6.07, 6.45) is 0. The smallest absolute Gasteiger partial charge is 0.420 e. The van der Waals surface area contributed by atoms with Crippen molar-refractivity contribution in [3.8, 4) is 5.75 Å². The molecule has 2 N–H and O–H groups in total. The van der Waals surface area contributed by atoms with E-state index in [9.17, 15) is 14.4 Å². The van der Waals surface area contributed by atoms with Gasteiger partial charge in [-0.2, -0.15) is 0 Å². The Hall–Kier alpha value is -4.27. The minimum Gasteiger partial charge on any atom is -0.486 e. The van der Waals surface area contributed by atoms with Crippen LogP contribution in [-0.4, -0.2) is 16.4 Å². The number of nitrogens with zero attached hydrogens (tertiary/aromatic N) is 1. The largest absolute Gasteiger partial charge is 0.486 e. The summed E-state index contributed by atoms with van der Waals surface area (Å²) in [6, 6.07) is 18.1. The maximum atomic E-state index is 12.5. The number of nitrogens with one attached hydrogen (secondary N) is 2. The predicted molar refractivity (Wildman–Crippen MR) is 110 cm³/mol. The van der Waals surface area contributed by atoms with Crippen LogP contribution in [0.25, 0.3) is 11.1 Å². The number of rotatable bonds is 6. The zero-order chi connectivity index (χ0) is 21.8. The molecule has 31 heavy (non-hydrogen) atoms. The first kappa shape index (κ1) is 20.0. The zero-order valence-corrected chi connectivity index (χ0v) is 16.5. The van der Waals surface area contributed by atoms with E-state index >= 15 is 0 Å². The molecule has 1 unspecified atom stereocenters. The summed E-state index contributed by atoms with van der Waals surface area (Å²) in [5, 5.41) is 0. The molecule has 2 amide bonds. The Kier molecular flexibility index (Phi) is 5.57. The Morgan fingerprint density at radius 3 is 2.52 bits per heavy atom. The second-order valence-corrected chi connectivity index (χ2v) is 6.69. The number of amides is 2. The Bertz CT molecular complexity index is 1270. The quantitative estimate of drug-likeness (QED) is 0.463. The topological polar surface area (TPSA) is 116 Å². The number of para-hydroxylation sites is 3. The summed E-state index contributed by atoms with van der Waals surface area (Å²) < 4.78 is 17.4. The number of benzene rings is 2. The molecule has 0 aliphatic rings. The highest BCUT2D eigenvalue weighted by Crippen LogP contribution is 2.17. The molecular weight excluding hydrogens is 402 g/mol. The van der Waals surface area contributed by atoms with Gasteiger partial charge >= 0.3 is 11.7 Å². The summed E-state index contributed by atoms with van der Waals surface area (Å²) in [7, 11) is 0. The standard InChI is InChI=1S/C22H19N3O6/c1-14(25-17-9-5-6-10-18(17)31-22(25)28)20(26)23-24-21(27)19-12-11-16(30-19)13-29-15-7-3-2-4-8-15/h2-12,14H,13H2,1H3,(H,23,26)(H,24,27). The highest BCUT2D eigenvalue weighted by molar-refractivity contribution is 5.93. The molecule has 4 aromatic rings. The Morgan fingerprint density at radius 1 is 0.968 bits per heavy atom. The van der Waals surface area contributed by atoms with Gasteiger partial charge in [-0.05, 0) is 43.3 Å². The number of carbonyl (C=O) groups is 2. The molecule has 9 heteroatoms. The van der Waals surface area contributed by atoms with Crippen LogP contribution in [-0.2, 0) is 11.4 Å². The molecule has 4 rings (SSSR count). The number of furan rings is 1. The van der Waals surface area contributed by atoms with Crippen LogP contribution in [0.15, 0.2) is 80.4 Å². The normalized spacial score (nSPS) is 11.8. The molecular formula is C22H19N3O6. The van der Waals surface area contributed by atoms with Crippen molar-refractivity contribution in [2.24, 2.45) is 0 Å². The van der Waals surface area contributed by atoms with Crippen molar-refractivity contribution in [3.63, 3.8) is 0 Å². The third-order valence-electron chi connectivity index (χ3n) is 4.59. The lowest BCUT2D eigenvalue weighted by Gasteiger charge is -2.13. The van der Waals surface area contributed by atoms with Gasteiger partial charge in [0, 0.05) is 0 Å². The van der Waals surface area contributed by atoms with E-state index in [0.29, 0.717) is 22.6 Å². The average Bonchev–Trinajstić information content (AvgIpc) is 3.39. The summed E-state index contributed by atoms with van der Waals surface area (Å²) in [5.74, 6) is -0.773. The molecule has 0 aliphatic heterocycles. The monoisotopic (exact) mass is 421 g/mol. The van der Waals surface area contributed by atoms with Crippen LogP contribution >= 0.6 is 0 Å². The molecule has 0 saturated carbocycles. The number of hydrogen-bond donors (Lipinski definition) is 2.